The molecule has 0 spiro atoms. The number of allylic oxidation sites excluding steroid dienone is 19. The van der Waals surface area contributed by atoms with Gasteiger partial charge in [0.05, 0.1) is 18.8 Å². The Morgan fingerprint density at radius 2 is 0.917 bits per heavy atom. The minimum absolute atomic E-state index is 0.103. The number of hydrogen-bond donors (Lipinski definition) is 3. The normalized spacial score (nSPS) is 14.5. The molecule has 0 fully saturated rings. The highest BCUT2D eigenvalue weighted by Crippen LogP contribution is 2.09. The highest BCUT2D eigenvalue weighted by molar-refractivity contribution is 5.76. The Morgan fingerprint density at radius 3 is 1.33 bits per heavy atom. The van der Waals surface area contributed by atoms with Gasteiger partial charge in [-0.1, -0.05) is 161 Å². The first-order valence-electron chi connectivity index (χ1n) is 18.7. The molecule has 4 heteroatoms. The van der Waals surface area contributed by atoms with E-state index in [2.05, 4.69) is 129 Å². The molecule has 1 amide bonds. The van der Waals surface area contributed by atoms with Crippen LogP contribution in [0.4, 0.5) is 0 Å². The molecule has 0 saturated heterocycles. The molecule has 0 aromatic heterocycles. The number of aliphatic hydroxyl groups excluding tert-OH is 2. The lowest BCUT2D eigenvalue weighted by atomic mass is 10.1. The summed E-state index contributed by atoms with van der Waals surface area (Å²) in [7, 11) is 0. The zero-order valence-electron chi connectivity index (χ0n) is 30.4. The van der Waals surface area contributed by atoms with Gasteiger partial charge in [-0.15, -0.1) is 0 Å². The molecule has 3 N–H and O–H groups in total. The average molecular weight is 660 g/mol. The molecular weight excluding hydrogens is 590 g/mol. The van der Waals surface area contributed by atoms with Crippen LogP contribution < -0.4 is 5.32 Å². The fourth-order valence-electron chi connectivity index (χ4n) is 4.59. The van der Waals surface area contributed by atoms with Crippen LogP contribution in [0.15, 0.2) is 122 Å². The maximum absolute atomic E-state index is 12.1. The Hall–Kier alpha value is -3.21. The molecular formula is C44H69NO3. The summed E-state index contributed by atoms with van der Waals surface area (Å²) in [4.78, 5) is 12.1. The van der Waals surface area contributed by atoms with E-state index in [4.69, 9.17) is 0 Å². The molecule has 0 heterocycles. The molecule has 0 rings (SSSR count). The number of aliphatic hydroxyl groups is 2. The van der Waals surface area contributed by atoms with Crippen LogP contribution >= 0.6 is 0 Å². The summed E-state index contributed by atoms with van der Waals surface area (Å²) in [5, 5.41) is 22.3. The van der Waals surface area contributed by atoms with Gasteiger partial charge in [0.2, 0.25) is 5.91 Å². The van der Waals surface area contributed by atoms with Crippen LogP contribution in [0.5, 0.6) is 0 Å². The highest BCUT2D eigenvalue weighted by atomic mass is 16.3. The molecule has 4 nitrogen and oxygen atoms in total. The molecule has 0 aromatic carbocycles. The summed E-state index contributed by atoms with van der Waals surface area (Å²) in [6, 6.07) is -0.636. The maximum atomic E-state index is 12.1. The van der Waals surface area contributed by atoms with E-state index in [0.717, 1.165) is 96.3 Å². The Morgan fingerprint density at radius 1 is 0.521 bits per heavy atom. The number of unbranched alkanes of at least 4 members (excludes halogenated alkanes) is 6. The Balaban J connectivity index is 3.66. The number of nitrogens with one attached hydrogen (secondary N) is 1. The van der Waals surface area contributed by atoms with Crippen LogP contribution in [-0.2, 0) is 4.79 Å². The smallest absolute Gasteiger partial charge is 0.220 e. The van der Waals surface area contributed by atoms with E-state index in [0.29, 0.717) is 6.42 Å². The van der Waals surface area contributed by atoms with E-state index in [1.54, 1.807) is 6.08 Å². The Kier molecular flexibility index (Phi) is 35.7. The third-order valence-corrected chi connectivity index (χ3v) is 7.43. The third-order valence-electron chi connectivity index (χ3n) is 7.43. The monoisotopic (exact) mass is 660 g/mol. The van der Waals surface area contributed by atoms with E-state index in [-0.39, 0.29) is 12.5 Å². The van der Waals surface area contributed by atoms with E-state index in [9.17, 15) is 15.0 Å². The topological polar surface area (TPSA) is 69.6 Å². The van der Waals surface area contributed by atoms with E-state index in [1.807, 2.05) is 6.08 Å². The fourth-order valence-corrected chi connectivity index (χ4v) is 4.59. The molecule has 48 heavy (non-hydrogen) atoms. The molecule has 0 aromatic rings. The van der Waals surface area contributed by atoms with Crippen LogP contribution in [0.1, 0.15) is 129 Å². The molecule has 2 atom stereocenters. The van der Waals surface area contributed by atoms with Crippen LogP contribution in [0.25, 0.3) is 0 Å². The number of rotatable bonds is 31. The van der Waals surface area contributed by atoms with Crippen molar-refractivity contribution in [2.45, 2.75) is 142 Å². The van der Waals surface area contributed by atoms with Crippen LogP contribution in [0.3, 0.4) is 0 Å². The van der Waals surface area contributed by atoms with Crippen molar-refractivity contribution in [2.75, 3.05) is 6.61 Å². The summed E-state index contributed by atoms with van der Waals surface area (Å²) in [5.74, 6) is -0.103. The fraction of sp³-hybridized carbons (Fsp3) is 0.523. The summed E-state index contributed by atoms with van der Waals surface area (Å²) in [6.07, 6.45) is 60.7. The van der Waals surface area contributed by atoms with E-state index in [1.165, 1.54) is 12.8 Å². The number of carbonyl (C=O) groups excluding carboxylic acids is 1. The van der Waals surface area contributed by atoms with Gasteiger partial charge in [0, 0.05) is 6.42 Å². The van der Waals surface area contributed by atoms with Gasteiger partial charge in [0.15, 0.2) is 0 Å². The summed E-state index contributed by atoms with van der Waals surface area (Å²) >= 11 is 0. The van der Waals surface area contributed by atoms with Gasteiger partial charge < -0.3 is 15.5 Å². The SMILES string of the molecule is CC/C=C\C/C=C\C/C=C\C/C=C\C/C=C\C/C=C\C/C=C\C/C=C\C/C=C\CCCCCCCC(=O)NC(CO)C(O)/C=C/CCC. The highest BCUT2D eigenvalue weighted by Gasteiger charge is 2.17. The van der Waals surface area contributed by atoms with Gasteiger partial charge in [-0.05, 0) is 83.5 Å². The first-order chi connectivity index (χ1) is 23.7. The first-order valence-corrected chi connectivity index (χ1v) is 18.7. The van der Waals surface area contributed by atoms with Crippen molar-refractivity contribution >= 4 is 5.91 Å². The Bertz CT molecular complexity index is 1020. The predicted molar refractivity (Wildman–Crippen MR) is 211 cm³/mol. The molecule has 0 aliphatic heterocycles. The minimum Gasteiger partial charge on any atom is -0.394 e. The molecule has 0 aliphatic carbocycles. The lowest BCUT2D eigenvalue weighted by molar-refractivity contribution is -0.123. The van der Waals surface area contributed by atoms with Gasteiger partial charge in [0.25, 0.3) is 0 Å². The van der Waals surface area contributed by atoms with Crippen molar-refractivity contribution in [3.63, 3.8) is 0 Å². The maximum Gasteiger partial charge on any atom is 0.220 e. The second-order valence-corrected chi connectivity index (χ2v) is 11.9. The van der Waals surface area contributed by atoms with Gasteiger partial charge >= 0.3 is 0 Å². The number of hydrogen-bond acceptors (Lipinski definition) is 3. The van der Waals surface area contributed by atoms with Crippen LogP contribution in [0.2, 0.25) is 0 Å². The molecule has 0 saturated carbocycles. The number of carbonyl (C=O) groups is 1. The van der Waals surface area contributed by atoms with Crippen molar-refractivity contribution in [1.82, 2.24) is 5.32 Å². The quantitative estimate of drug-likeness (QED) is 0.0512. The lowest BCUT2D eigenvalue weighted by Crippen LogP contribution is -2.45. The van der Waals surface area contributed by atoms with Crippen molar-refractivity contribution in [3.05, 3.63) is 122 Å². The second-order valence-electron chi connectivity index (χ2n) is 11.9. The van der Waals surface area contributed by atoms with Gasteiger partial charge in [0.1, 0.15) is 0 Å². The zero-order chi connectivity index (χ0) is 35.0. The summed E-state index contributed by atoms with van der Waals surface area (Å²) in [6.45, 7) is 3.96. The first kappa shape index (κ1) is 44.8. The predicted octanol–water partition coefficient (Wildman–Crippen LogP) is 11.4. The van der Waals surface area contributed by atoms with Crippen molar-refractivity contribution < 1.29 is 15.0 Å². The standard InChI is InChI=1S/C44H69NO3/c1-3-5-7-8-9-10-11-12-13-14-15-16-17-18-19-20-21-22-23-24-25-26-27-28-29-30-31-32-33-34-35-36-38-40-44(48)45-42(41-46)43(47)39-37-6-4-2/h5,7,9-10,12-13,15-16,18-19,21-22,24-25,27-28,30-31,37,39,42-43,46-47H,3-4,6,8,11,14,17,20,23,26,29,32-36,38,40-41H2,1-2H3,(H,45,48)/b7-5-,10-9-,13-12-,16-15-,19-18-,22-21-,25-24-,28-27-,31-30-,39-37+. The molecule has 268 valence electrons. The van der Waals surface area contributed by atoms with Crippen LogP contribution in [0, 0.1) is 0 Å². The van der Waals surface area contributed by atoms with Crippen molar-refractivity contribution in [3.8, 4) is 0 Å². The molecule has 2 unspecified atom stereocenters. The van der Waals surface area contributed by atoms with Crippen molar-refractivity contribution in [2.24, 2.45) is 0 Å². The van der Waals surface area contributed by atoms with Gasteiger partial charge in [-0.25, -0.2) is 0 Å². The van der Waals surface area contributed by atoms with Crippen molar-refractivity contribution in [1.29, 1.82) is 0 Å². The largest absolute Gasteiger partial charge is 0.394 e. The molecule has 0 aliphatic rings. The average Bonchev–Trinajstić information content (AvgIpc) is 3.09. The zero-order valence-corrected chi connectivity index (χ0v) is 30.4. The van der Waals surface area contributed by atoms with Gasteiger partial charge in [-0.3, -0.25) is 4.79 Å². The summed E-state index contributed by atoms with van der Waals surface area (Å²) in [5.41, 5.74) is 0. The van der Waals surface area contributed by atoms with Gasteiger partial charge in [-0.2, -0.15) is 0 Å². The lowest BCUT2D eigenvalue weighted by Gasteiger charge is -2.19. The van der Waals surface area contributed by atoms with E-state index >= 15 is 0 Å². The molecule has 0 bridgehead atoms. The second kappa shape index (κ2) is 38.2. The number of amides is 1. The van der Waals surface area contributed by atoms with Crippen LogP contribution in [-0.4, -0.2) is 34.9 Å². The third kappa shape index (κ3) is 34.1. The minimum atomic E-state index is -0.851. The summed E-state index contributed by atoms with van der Waals surface area (Å²) < 4.78 is 0. The molecule has 0 radical (unpaired) electrons. The Labute approximate surface area is 295 Å². The van der Waals surface area contributed by atoms with E-state index < -0.39 is 12.1 Å².